The first-order valence-corrected chi connectivity index (χ1v) is 6.90. The van der Waals surface area contributed by atoms with Gasteiger partial charge in [0.15, 0.2) is 0 Å². The average Bonchev–Trinajstić information content (AvgIpc) is 2.36. The van der Waals surface area contributed by atoms with Crippen molar-refractivity contribution in [2.24, 2.45) is 0 Å². The van der Waals surface area contributed by atoms with Gasteiger partial charge in [0.05, 0.1) is 6.04 Å². The molecule has 0 aliphatic carbocycles. The number of carbonyl (C=O) groups excluding carboxylic acids is 1. The van der Waals surface area contributed by atoms with E-state index in [4.69, 9.17) is 0 Å². The van der Waals surface area contributed by atoms with E-state index in [1.807, 2.05) is 0 Å². The van der Waals surface area contributed by atoms with Crippen molar-refractivity contribution in [1.29, 1.82) is 0 Å². The molecule has 1 amide bonds. The van der Waals surface area contributed by atoms with Crippen molar-refractivity contribution >= 4 is 21.8 Å². The fraction of sp³-hybridized carbons (Fsp3) is 0.462. The van der Waals surface area contributed by atoms with Crippen LogP contribution in [0.15, 0.2) is 22.7 Å². The third kappa shape index (κ3) is 3.78. The predicted molar refractivity (Wildman–Crippen MR) is 71.6 cm³/mol. The average molecular weight is 315 g/mol. The van der Waals surface area contributed by atoms with Gasteiger partial charge in [-0.2, -0.15) is 0 Å². The summed E-state index contributed by atoms with van der Waals surface area (Å²) in [6, 6.07) is 4.53. The topological polar surface area (TPSA) is 41.1 Å². The molecule has 0 radical (unpaired) electrons. The lowest BCUT2D eigenvalue weighted by Gasteiger charge is -2.22. The molecule has 1 heterocycles. The molecule has 3 nitrogen and oxygen atoms in total. The molecule has 0 unspecified atom stereocenters. The van der Waals surface area contributed by atoms with Crippen LogP contribution in [0.3, 0.4) is 0 Å². The van der Waals surface area contributed by atoms with Crippen molar-refractivity contribution in [3.05, 3.63) is 34.1 Å². The summed E-state index contributed by atoms with van der Waals surface area (Å²) >= 11 is 3.23. The van der Waals surface area contributed by atoms with E-state index >= 15 is 0 Å². The summed E-state index contributed by atoms with van der Waals surface area (Å²) in [5, 5.41) is 6.02. The smallest absolute Gasteiger partial charge is 0.237 e. The Hall–Kier alpha value is -0.940. The first-order chi connectivity index (χ1) is 8.65. The molecule has 1 atom stereocenters. The van der Waals surface area contributed by atoms with Crippen LogP contribution in [-0.4, -0.2) is 18.5 Å². The molecule has 0 saturated carbocycles. The van der Waals surface area contributed by atoms with Crippen molar-refractivity contribution in [3.8, 4) is 0 Å². The Morgan fingerprint density at radius 1 is 1.44 bits per heavy atom. The van der Waals surface area contributed by atoms with Crippen LogP contribution >= 0.6 is 15.9 Å². The maximum Gasteiger partial charge on any atom is 0.237 e. The van der Waals surface area contributed by atoms with Gasteiger partial charge in [-0.25, -0.2) is 4.39 Å². The van der Waals surface area contributed by atoms with Gasteiger partial charge in [-0.3, -0.25) is 4.79 Å². The molecular formula is C13H16BrFN2O. The van der Waals surface area contributed by atoms with Crippen molar-refractivity contribution in [2.45, 2.75) is 31.8 Å². The molecule has 5 heteroatoms. The molecule has 0 bridgehead atoms. The normalized spacial score (nSPS) is 19.6. The zero-order chi connectivity index (χ0) is 13.0. The Balaban J connectivity index is 1.88. The quantitative estimate of drug-likeness (QED) is 0.899. The molecular weight excluding hydrogens is 299 g/mol. The first-order valence-electron chi connectivity index (χ1n) is 6.11. The first kappa shape index (κ1) is 13.5. The highest BCUT2D eigenvalue weighted by Gasteiger charge is 2.19. The number of benzene rings is 1. The number of rotatable bonds is 3. The van der Waals surface area contributed by atoms with Gasteiger partial charge >= 0.3 is 0 Å². The Morgan fingerprint density at radius 3 is 2.94 bits per heavy atom. The van der Waals surface area contributed by atoms with Gasteiger partial charge < -0.3 is 10.6 Å². The molecule has 1 aliphatic heterocycles. The van der Waals surface area contributed by atoms with Crippen LogP contribution in [0.1, 0.15) is 24.8 Å². The minimum absolute atomic E-state index is 0.00455. The molecule has 0 aromatic heterocycles. The zero-order valence-electron chi connectivity index (χ0n) is 10.0. The standard InChI is InChI=1S/C13H16BrFN2O/c14-10-5-9(6-11(15)7-10)8-17-13(18)12-3-1-2-4-16-12/h5-7,12,16H,1-4,8H2,(H,17,18)/t12-/m0/s1. The van der Waals surface area contributed by atoms with Gasteiger partial charge in [-0.1, -0.05) is 22.4 Å². The lowest BCUT2D eigenvalue weighted by molar-refractivity contribution is -0.123. The zero-order valence-corrected chi connectivity index (χ0v) is 11.6. The summed E-state index contributed by atoms with van der Waals surface area (Å²) in [5.74, 6) is -0.306. The van der Waals surface area contributed by atoms with Crippen LogP contribution in [0.5, 0.6) is 0 Å². The lowest BCUT2D eigenvalue weighted by Crippen LogP contribution is -2.46. The van der Waals surface area contributed by atoms with Crippen molar-refractivity contribution in [2.75, 3.05) is 6.54 Å². The van der Waals surface area contributed by atoms with E-state index < -0.39 is 0 Å². The molecule has 2 rings (SSSR count). The number of piperidine rings is 1. The molecule has 2 N–H and O–H groups in total. The highest BCUT2D eigenvalue weighted by atomic mass is 79.9. The van der Waals surface area contributed by atoms with Gasteiger partial charge in [0.2, 0.25) is 5.91 Å². The molecule has 1 aliphatic rings. The van der Waals surface area contributed by atoms with E-state index in [-0.39, 0.29) is 17.8 Å². The van der Waals surface area contributed by atoms with Crippen LogP contribution in [0.4, 0.5) is 4.39 Å². The van der Waals surface area contributed by atoms with E-state index in [0.717, 1.165) is 31.4 Å². The van der Waals surface area contributed by atoms with E-state index in [9.17, 15) is 9.18 Å². The lowest BCUT2D eigenvalue weighted by atomic mass is 10.0. The maximum absolute atomic E-state index is 13.2. The number of carbonyl (C=O) groups is 1. The van der Waals surface area contributed by atoms with Crippen LogP contribution in [0, 0.1) is 5.82 Å². The summed E-state index contributed by atoms with van der Waals surface area (Å²) in [7, 11) is 0. The summed E-state index contributed by atoms with van der Waals surface area (Å²) in [6.45, 7) is 1.25. The van der Waals surface area contributed by atoms with Crippen molar-refractivity contribution < 1.29 is 9.18 Å². The summed E-state index contributed by atoms with van der Waals surface area (Å²) < 4.78 is 13.8. The SMILES string of the molecule is O=C(NCc1cc(F)cc(Br)c1)[C@@H]1CCCCN1. The third-order valence-electron chi connectivity index (χ3n) is 3.02. The van der Waals surface area contributed by atoms with Gasteiger partial charge in [0.25, 0.3) is 0 Å². The Bertz CT molecular complexity index is 413. The molecule has 1 aromatic carbocycles. The van der Waals surface area contributed by atoms with Gasteiger partial charge in [0, 0.05) is 11.0 Å². The fourth-order valence-corrected chi connectivity index (χ4v) is 2.61. The minimum Gasteiger partial charge on any atom is -0.351 e. The molecule has 1 fully saturated rings. The summed E-state index contributed by atoms with van der Waals surface area (Å²) in [6.07, 6.45) is 3.08. The maximum atomic E-state index is 13.2. The molecule has 18 heavy (non-hydrogen) atoms. The monoisotopic (exact) mass is 314 g/mol. The van der Waals surface area contributed by atoms with Crippen LogP contribution in [0.2, 0.25) is 0 Å². The third-order valence-corrected chi connectivity index (χ3v) is 3.47. The van der Waals surface area contributed by atoms with Gasteiger partial charge in [-0.15, -0.1) is 0 Å². The second-order valence-corrected chi connectivity index (χ2v) is 5.41. The second-order valence-electron chi connectivity index (χ2n) is 4.50. The number of halogens is 2. The van der Waals surface area contributed by atoms with Gasteiger partial charge in [-0.05, 0) is 43.1 Å². The molecule has 1 saturated heterocycles. The van der Waals surface area contributed by atoms with Crippen molar-refractivity contribution in [1.82, 2.24) is 10.6 Å². The molecule has 0 spiro atoms. The summed E-state index contributed by atoms with van der Waals surface area (Å²) in [5.41, 5.74) is 0.756. The van der Waals surface area contributed by atoms with Crippen LogP contribution in [-0.2, 0) is 11.3 Å². The highest BCUT2D eigenvalue weighted by molar-refractivity contribution is 9.10. The van der Waals surface area contributed by atoms with Gasteiger partial charge in [0.1, 0.15) is 5.82 Å². The predicted octanol–water partition coefficient (Wildman–Crippen LogP) is 2.35. The van der Waals surface area contributed by atoms with Crippen LogP contribution < -0.4 is 10.6 Å². The Kier molecular flexibility index (Phi) is 4.72. The molecule has 98 valence electrons. The number of amides is 1. The fourth-order valence-electron chi connectivity index (χ4n) is 2.10. The van der Waals surface area contributed by atoms with E-state index in [2.05, 4.69) is 26.6 Å². The minimum atomic E-state index is -0.301. The number of hydrogen-bond acceptors (Lipinski definition) is 2. The second kappa shape index (κ2) is 6.29. The Labute approximate surface area is 114 Å². The number of hydrogen-bond donors (Lipinski definition) is 2. The van der Waals surface area contributed by atoms with Crippen LogP contribution in [0.25, 0.3) is 0 Å². The molecule has 1 aromatic rings. The Morgan fingerprint density at radius 2 is 2.28 bits per heavy atom. The van der Waals surface area contributed by atoms with E-state index in [1.54, 1.807) is 6.07 Å². The van der Waals surface area contributed by atoms with E-state index in [0.29, 0.717) is 11.0 Å². The van der Waals surface area contributed by atoms with E-state index in [1.165, 1.54) is 12.1 Å². The number of nitrogens with one attached hydrogen (secondary N) is 2. The van der Waals surface area contributed by atoms with Crippen molar-refractivity contribution in [3.63, 3.8) is 0 Å². The summed E-state index contributed by atoms with van der Waals surface area (Å²) in [4.78, 5) is 11.9. The largest absolute Gasteiger partial charge is 0.351 e. The highest BCUT2D eigenvalue weighted by Crippen LogP contribution is 2.15.